The predicted octanol–water partition coefficient (Wildman–Crippen LogP) is 2.79. The Morgan fingerprint density at radius 2 is 1.31 bits per heavy atom. The number of hydrogen-bond acceptors (Lipinski definition) is 5. The van der Waals surface area contributed by atoms with Crippen LogP contribution < -0.4 is 16.0 Å². The summed E-state index contributed by atoms with van der Waals surface area (Å²) in [6.07, 6.45) is 2.43. The molecular weight excluding hydrogens is 450 g/mol. The van der Waals surface area contributed by atoms with E-state index in [2.05, 4.69) is 28.1 Å². The number of benzene rings is 2. The fraction of sp³-hybridized carbons (Fsp3) is 0.385. The maximum Gasteiger partial charge on any atom is 0.407 e. The Morgan fingerprint density at radius 1 is 0.743 bits per heavy atom. The smallest absolute Gasteiger partial charge is 0.407 e. The summed E-state index contributed by atoms with van der Waals surface area (Å²) in [5, 5.41) is 16.1. The summed E-state index contributed by atoms with van der Waals surface area (Å²) >= 11 is 0. The van der Waals surface area contributed by atoms with Crippen molar-refractivity contribution in [2.24, 2.45) is 0 Å². The van der Waals surface area contributed by atoms with Crippen LogP contribution in [0.15, 0.2) is 48.5 Å². The number of carboxylic acids is 1. The third-order valence-electron chi connectivity index (χ3n) is 5.82. The Bertz CT molecular complexity index is 1010. The second kappa shape index (κ2) is 13.1. The molecule has 0 bridgehead atoms. The molecule has 2 aromatic rings. The van der Waals surface area contributed by atoms with Gasteiger partial charge in [0.2, 0.25) is 11.8 Å². The maximum atomic E-state index is 12.1. The third kappa shape index (κ3) is 7.84. The lowest BCUT2D eigenvalue weighted by Gasteiger charge is -2.14. The summed E-state index contributed by atoms with van der Waals surface area (Å²) in [5.41, 5.74) is 4.47. The summed E-state index contributed by atoms with van der Waals surface area (Å²) in [4.78, 5) is 46.3. The third-order valence-corrected chi connectivity index (χ3v) is 5.82. The van der Waals surface area contributed by atoms with Crippen molar-refractivity contribution in [1.82, 2.24) is 16.0 Å². The van der Waals surface area contributed by atoms with Crippen molar-refractivity contribution >= 4 is 23.9 Å². The van der Waals surface area contributed by atoms with Gasteiger partial charge in [-0.25, -0.2) is 4.79 Å². The van der Waals surface area contributed by atoms with E-state index in [4.69, 9.17) is 9.84 Å². The van der Waals surface area contributed by atoms with Crippen LogP contribution in [0.1, 0.15) is 49.1 Å². The number of carboxylic acid groups (broad SMARTS) is 1. The van der Waals surface area contributed by atoms with Crippen LogP contribution in [-0.4, -0.2) is 55.2 Å². The van der Waals surface area contributed by atoms with Crippen molar-refractivity contribution in [2.75, 3.05) is 26.2 Å². The topological polar surface area (TPSA) is 134 Å². The van der Waals surface area contributed by atoms with Crippen LogP contribution in [0.5, 0.6) is 0 Å². The van der Waals surface area contributed by atoms with E-state index >= 15 is 0 Å². The van der Waals surface area contributed by atoms with Gasteiger partial charge >= 0.3 is 12.1 Å². The van der Waals surface area contributed by atoms with Gasteiger partial charge in [-0.3, -0.25) is 14.4 Å². The average molecular weight is 482 g/mol. The minimum atomic E-state index is -0.804. The lowest BCUT2D eigenvalue weighted by atomic mass is 9.98. The van der Waals surface area contributed by atoms with E-state index in [0.717, 1.165) is 41.5 Å². The number of amides is 3. The highest BCUT2D eigenvalue weighted by Gasteiger charge is 2.29. The van der Waals surface area contributed by atoms with E-state index in [0.29, 0.717) is 13.0 Å². The summed E-state index contributed by atoms with van der Waals surface area (Å²) < 4.78 is 5.38. The molecule has 4 N–H and O–H groups in total. The standard InChI is InChI=1S/C26H31N3O6/c30-23(27-14-8-2-1-3-13-25(32)33)15-28-24(31)16-29-26(34)35-17-22-20-11-6-4-9-18(20)19-10-5-7-12-21(19)22/h4-7,9-12,22H,1-3,8,13-17H2,(H,27,30)(H,28,31)(H,29,34)(H,32,33). The fourth-order valence-corrected chi connectivity index (χ4v) is 4.09. The zero-order chi connectivity index (χ0) is 25.0. The number of fused-ring (bicyclic) bond motifs is 3. The molecular formula is C26H31N3O6. The molecule has 0 unspecified atom stereocenters. The van der Waals surface area contributed by atoms with Gasteiger partial charge in [0.25, 0.3) is 0 Å². The highest BCUT2D eigenvalue weighted by atomic mass is 16.5. The molecule has 9 nitrogen and oxygen atoms in total. The first-order valence-electron chi connectivity index (χ1n) is 11.8. The summed E-state index contributed by atoms with van der Waals surface area (Å²) in [6.45, 7) is 0.123. The van der Waals surface area contributed by atoms with E-state index in [1.165, 1.54) is 0 Å². The molecule has 0 saturated carbocycles. The molecule has 1 aliphatic rings. The Morgan fingerprint density at radius 3 is 1.97 bits per heavy atom. The summed E-state index contributed by atoms with van der Waals surface area (Å²) in [7, 11) is 0. The fourth-order valence-electron chi connectivity index (χ4n) is 4.09. The molecule has 0 aliphatic heterocycles. The highest BCUT2D eigenvalue weighted by Crippen LogP contribution is 2.44. The lowest BCUT2D eigenvalue weighted by molar-refractivity contribution is -0.137. The van der Waals surface area contributed by atoms with Crippen molar-refractivity contribution < 1.29 is 29.0 Å². The molecule has 0 atom stereocenters. The van der Waals surface area contributed by atoms with Gasteiger partial charge in [-0.2, -0.15) is 0 Å². The van der Waals surface area contributed by atoms with Gasteiger partial charge in [0.1, 0.15) is 13.2 Å². The molecule has 3 rings (SSSR count). The van der Waals surface area contributed by atoms with Crippen LogP contribution in [0.3, 0.4) is 0 Å². The van der Waals surface area contributed by atoms with E-state index < -0.39 is 18.0 Å². The molecule has 0 spiro atoms. The number of unbranched alkanes of at least 4 members (excludes halogenated alkanes) is 3. The first-order valence-corrected chi connectivity index (χ1v) is 11.8. The molecule has 9 heteroatoms. The van der Waals surface area contributed by atoms with Crippen molar-refractivity contribution in [3.8, 4) is 11.1 Å². The minimum Gasteiger partial charge on any atom is -0.481 e. The monoisotopic (exact) mass is 481 g/mol. The van der Waals surface area contributed by atoms with Gasteiger partial charge in [0.15, 0.2) is 0 Å². The molecule has 1 aliphatic carbocycles. The SMILES string of the molecule is O=C(O)CCCCCCNC(=O)CNC(=O)CNC(=O)OCC1c2ccccc2-c2ccccc21. The minimum absolute atomic E-state index is 0.0668. The second-order valence-electron chi connectivity index (χ2n) is 8.36. The van der Waals surface area contributed by atoms with Crippen molar-refractivity contribution in [2.45, 2.75) is 38.0 Å². The molecule has 0 aromatic heterocycles. The van der Waals surface area contributed by atoms with Gasteiger partial charge < -0.3 is 25.8 Å². The summed E-state index contributed by atoms with van der Waals surface area (Å²) in [6, 6.07) is 16.0. The molecule has 186 valence electrons. The predicted molar refractivity (Wildman–Crippen MR) is 130 cm³/mol. The number of nitrogens with one attached hydrogen (secondary N) is 3. The molecule has 2 aromatic carbocycles. The first-order chi connectivity index (χ1) is 17.0. The Balaban J connectivity index is 1.30. The van der Waals surface area contributed by atoms with Gasteiger partial charge in [-0.1, -0.05) is 61.4 Å². The van der Waals surface area contributed by atoms with Crippen LogP contribution in [0.4, 0.5) is 4.79 Å². The van der Waals surface area contributed by atoms with Crippen LogP contribution >= 0.6 is 0 Å². The Labute approximate surface area is 204 Å². The quantitative estimate of drug-likeness (QED) is 0.325. The zero-order valence-electron chi connectivity index (χ0n) is 19.5. The van der Waals surface area contributed by atoms with Crippen molar-refractivity contribution in [3.63, 3.8) is 0 Å². The van der Waals surface area contributed by atoms with Crippen LogP contribution in [-0.2, 0) is 19.1 Å². The maximum absolute atomic E-state index is 12.1. The second-order valence-corrected chi connectivity index (χ2v) is 8.36. The van der Waals surface area contributed by atoms with Gasteiger partial charge in [0.05, 0.1) is 6.54 Å². The van der Waals surface area contributed by atoms with Crippen LogP contribution in [0.25, 0.3) is 11.1 Å². The van der Waals surface area contributed by atoms with E-state index in [9.17, 15) is 19.2 Å². The number of rotatable bonds is 13. The normalized spacial score (nSPS) is 11.8. The van der Waals surface area contributed by atoms with E-state index in [1.807, 2.05) is 36.4 Å². The van der Waals surface area contributed by atoms with Gasteiger partial charge in [-0.05, 0) is 35.1 Å². The van der Waals surface area contributed by atoms with Gasteiger partial charge in [0, 0.05) is 18.9 Å². The van der Waals surface area contributed by atoms with Crippen LogP contribution in [0.2, 0.25) is 0 Å². The summed E-state index contributed by atoms with van der Waals surface area (Å²) in [5.74, 6) is -1.70. The van der Waals surface area contributed by atoms with E-state index in [1.54, 1.807) is 0 Å². The number of hydrogen-bond donors (Lipinski definition) is 4. The number of ether oxygens (including phenoxy) is 1. The van der Waals surface area contributed by atoms with E-state index in [-0.39, 0.29) is 37.9 Å². The molecule has 3 amide bonds. The molecule has 0 heterocycles. The Hall–Kier alpha value is -3.88. The zero-order valence-corrected chi connectivity index (χ0v) is 19.5. The number of aliphatic carboxylic acids is 1. The highest BCUT2D eigenvalue weighted by molar-refractivity contribution is 5.87. The number of carbonyl (C=O) groups excluding carboxylic acids is 3. The molecule has 0 radical (unpaired) electrons. The number of carbonyl (C=O) groups is 4. The van der Waals surface area contributed by atoms with Crippen LogP contribution in [0, 0.1) is 0 Å². The van der Waals surface area contributed by atoms with Crippen molar-refractivity contribution in [3.05, 3.63) is 59.7 Å². The molecule has 0 fully saturated rings. The molecule has 35 heavy (non-hydrogen) atoms. The van der Waals surface area contributed by atoms with Gasteiger partial charge in [-0.15, -0.1) is 0 Å². The molecule has 0 saturated heterocycles. The first kappa shape index (κ1) is 25.7. The average Bonchev–Trinajstić information content (AvgIpc) is 3.18. The van der Waals surface area contributed by atoms with Crippen molar-refractivity contribution in [1.29, 1.82) is 0 Å². The number of alkyl carbamates (subject to hydrolysis) is 1. The Kier molecular flexibility index (Phi) is 9.65. The lowest BCUT2D eigenvalue weighted by Crippen LogP contribution is -2.42. The largest absolute Gasteiger partial charge is 0.481 e.